The molecule has 0 bridgehead atoms. The Hall–Kier alpha value is -2.37. The third kappa shape index (κ3) is 2.73. The maximum atomic E-state index is 11.3. The summed E-state index contributed by atoms with van der Waals surface area (Å²) in [4.78, 5) is 11.3. The molecule has 0 aliphatic carbocycles. The van der Waals surface area contributed by atoms with Crippen LogP contribution >= 0.6 is 0 Å². The molecule has 0 saturated carbocycles. The van der Waals surface area contributed by atoms with Crippen molar-refractivity contribution in [1.29, 1.82) is 0 Å². The van der Waals surface area contributed by atoms with Gasteiger partial charge in [-0.25, -0.2) is 4.68 Å². The fourth-order valence-corrected chi connectivity index (χ4v) is 2.06. The number of fused-ring (bicyclic) bond motifs is 1. The number of amides is 1. The summed E-state index contributed by atoms with van der Waals surface area (Å²) in [7, 11) is 0. The van der Waals surface area contributed by atoms with E-state index in [-0.39, 0.29) is 5.91 Å². The highest BCUT2D eigenvalue weighted by molar-refractivity contribution is 5.93. The molecular weight excluding hydrogens is 244 g/mol. The van der Waals surface area contributed by atoms with Crippen LogP contribution < -0.4 is 10.1 Å². The molecule has 0 unspecified atom stereocenters. The Morgan fingerprint density at radius 1 is 1.37 bits per heavy atom. The highest BCUT2D eigenvalue weighted by Crippen LogP contribution is 2.26. The number of anilines is 1. The van der Waals surface area contributed by atoms with Gasteiger partial charge in [0.1, 0.15) is 12.4 Å². The molecule has 1 aromatic carbocycles. The molecule has 0 spiro atoms. The van der Waals surface area contributed by atoms with Crippen LogP contribution in [0.1, 0.15) is 12.0 Å². The van der Waals surface area contributed by atoms with Gasteiger partial charge < -0.3 is 10.1 Å². The Bertz CT molecular complexity index is 580. The van der Waals surface area contributed by atoms with Gasteiger partial charge in [-0.1, -0.05) is 5.21 Å². The molecular formula is C13H14N4O2. The molecule has 1 aliphatic heterocycles. The van der Waals surface area contributed by atoms with Crippen LogP contribution in [0.2, 0.25) is 0 Å². The topological polar surface area (TPSA) is 69.0 Å². The number of aromatic nitrogens is 3. The molecule has 1 aromatic heterocycles. The van der Waals surface area contributed by atoms with Crippen molar-refractivity contribution in [1.82, 2.24) is 15.0 Å². The molecule has 6 heteroatoms. The highest BCUT2D eigenvalue weighted by Gasteiger charge is 2.14. The lowest BCUT2D eigenvalue weighted by Crippen LogP contribution is -2.19. The Labute approximate surface area is 110 Å². The SMILES string of the molecule is O=C1CCc2cc(OCCn3ccnn3)ccc2N1. The van der Waals surface area contributed by atoms with Crippen LogP contribution in [0.4, 0.5) is 5.69 Å². The number of carbonyl (C=O) groups excluding carboxylic acids is 1. The Balaban J connectivity index is 1.61. The van der Waals surface area contributed by atoms with E-state index in [1.54, 1.807) is 17.1 Å². The van der Waals surface area contributed by atoms with Crippen LogP contribution in [0.3, 0.4) is 0 Å². The molecule has 19 heavy (non-hydrogen) atoms. The van der Waals surface area contributed by atoms with Crippen LogP contribution in [-0.2, 0) is 17.8 Å². The second-order valence-electron chi connectivity index (χ2n) is 4.38. The van der Waals surface area contributed by atoms with Gasteiger partial charge in [0, 0.05) is 18.3 Å². The quantitative estimate of drug-likeness (QED) is 0.895. The summed E-state index contributed by atoms with van der Waals surface area (Å²) >= 11 is 0. The van der Waals surface area contributed by atoms with Gasteiger partial charge in [0.05, 0.1) is 12.7 Å². The molecule has 0 fully saturated rings. The van der Waals surface area contributed by atoms with Crippen molar-refractivity contribution in [3.05, 3.63) is 36.2 Å². The molecule has 1 N–H and O–H groups in total. The molecule has 2 aromatic rings. The number of nitrogens with zero attached hydrogens (tertiary/aromatic N) is 3. The fraction of sp³-hybridized carbons (Fsp3) is 0.308. The minimum Gasteiger partial charge on any atom is -0.492 e. The normalized spacial score (nSPS) is 13.8. The molecule has 0 atom stereocenters. The van der Waals surface area contributed by atoms with E-state index in [2.05, 4.69) is 15.6 Å². The number of hydrogen-bond donors (Lipinski definition) is 1. The predicted molar refractivity (Wildman–Crippen MR) is 68.9 cm³/mol. The first-order valence-electron chi connectivity index (χ1n) is 6.21. The third-order valence-corrected chi connectivity index (χ3v) is 3.03. The van der Waals surface area contributed by atoms with E-state index in [1.165, 1.54) is 0 Å². The number of rotatable bonds is 4. The standard InChI is InChI=1S/C13H14N4O2/c18-13-4-1-10-9-11(2-3-12(10)15-13)19-8-7-17-6-5-14-16-17/h2-3,5-6,9H,1,4,7-8H2,(H,15,18). The van der Waals surface area contributed by atoms with Crippen molar-refractivity contribution in [2.45, 2.75) is 19.4 Å². The number of benzene rings is 1. The van der Waals surface area contributed by atoms with Crippen LogP contribution in [0, 0.1) is 0 Å². The number of carbonyl (C=O) groups is 1. The van der Waals surface area contributed by atoms with Crippen molar-refractivity contribution >= 4 is 11.6 Å². The Morgan fingerprint density at radius 2 is 2.32 bits per heavy atom. The van der Waals surface area contributed by atoms with Crippen LogP contribution in [0.15, 0.2) is 30.6 Å². The van der Waals surface area contributed by atoms with Gasteiger partial charge in [-0.15, -0.1) is 5.10 Å². The van der Waals surface area contributed by atoms with Gasteiger partial charge in [0.15, 0.2) is 0 Å². The number of ether oxygens (including phenoxy) is 1. The number of nitrogens with one attached hydrogen (secondary N) is 1. The molecule has 98 valence electrons. The maximum Gasteiger partial charge on any atom is 0.224 e. The fourth-order valence-electron chi connectivity index (χ4n) is 2.06. The lowest BCUT2D eigenvalue weighted by molar-refractivity contribution is -0.116. The summed E-state index contributed by atoms with van der Waals surface area (Å²) in [5.41, 5.74) is 2.01. The lowest BCUT2D eigenvalue weighted by Gasteiger charge is -2.17. The van der Waals surface area contributed by atoms with Crippen LogP contribution in [0.25, 0.3) is 0 Å². The second-order valence-corrected chi connectivity index (χ2v) is 4.38. The van der Waals surface area contributed by atoms with E-state index in [0.717, 1.165) is 23.4 Å². The van der Waals surface area contributed by atoms with Crippen molar-refractivity contribution in [3.63, 3.8) is 0 Å². The third-order valence-electron chi connectivity index (χ3n) is 3.03. The lowest BCUT2D eigenvalue weighted by atomic mass is 10.0. The monoisotopic (exact) mass is 258 g/mol. The van der Waals surface area contributed by atoms with Gasteiger partial charge >= 0.3 is 0 Å². The molecule has 2 heterocycles. The summed E-state index contributed by atoms with van der Waals surface area (Å²) in [5.74, 6) is 0.891. The zero-order chi connectivity index (χ0) is 13.1. The van der Waals surface area contributed by atoms with Crippen molar-refractivity contribution in [3.8, 4) is 5.75 Å². The molecule has 0 saturated heterocycles. The smallest absolute Gasteiger partial charge is 0.224 e. The summed E-state index contributed by atoms with van der Waals surface area (Å²) in [6.07, 6.45) is 4.74. The number of hydrogen-bond acceptors (Lipinski definition) is 4. The first-order valence-corrected chi connectivity index (χ1v) is 6.21. The second kappa shape index (κ2) is 5.09. The van der Waals surface area contributed by atoms with Gasteiger partial charge in [-0.05, 0) is 30.2 Å². The van der Waals surface area contributed by atoms with Gasteiger partial charge in [0.25, 0.3) is 0 Å². The van der Waals surface area contributed by atoms with E-state index in [0.29, 0.717) is 19.6 Å². The van der Waals surface area contributed by atoms with Gasteiger partial charge in [-0.2, -0.15) is 0 Å². The summed E-state index contributed by atoms with van der Waals surface area (Å²) in [5, 5.41) is 10.4. The molecule has 1 aliphatic rings. The van der Waals surface area contributed by atoms with E-state index in [9.17, 15) is 4.79 Å². The van der Waals surface area contributed by atoms with Crippen LogP contribution in [-0.4, -0.2) is 27.5 Å². The summed E-state index contributed by atoms with van der Waals surface area (Å²) in [6, 6.07) is 5.74. The van der Waals surface area contributed by atoms with Crippen molar-refractivity contribution in [2.75, 3.05) is 11.9 Å². The minimum atomic E-state index is 0.0763. The first kappa shape index (κ1) is 11.7. The first-order chi connectivity index (χ1) is 9.31. The van der Waals surface area contributed by atoms with Crippen molar-refractivity contribution in [2.24, 2.45) is 0 Å². The highest BCUT2D eigenvalue weighted by atomic mass is 16.5. The Morgan fingerprint density at radius 3 is 3.16 bits per heavy atom. The Kier molecular flexibility index (Phi) is 3.14. The molecule has 3 rings (SSSR count). The average Bonchev–Trinajstić information content (AvgIpc) is 2.92. The minimum absolute atomic E-state index is 0.0763. The van der Waals surface area contributed by atoms with Gasteiger partial charge in [0.2, 0.25) is 5.91 Å². The van der Waals surface area contributed by atoms with Gasteiger partial charge in [-0.3, -0.25) is 4.79 Å². The maximum absolute atomic E-state index is 11.3. The van der Waals surface area contributed by atoms with E-state index >= 15 is 0 Å². The average molecular weight is 258 g/mol. The van der Waals surface area contributed by atoms with E-state index in [1.807, 2.05) is 18.2 Å². The number of aryl methyl sites for hydroxylation is 1. The molecule has 1 amide bonds. The molecule has 0 radical (unpaired) electrons. The zero-order valence-corrected chi connectivity index (χ0v) is 10.4. The van der Waals surface area contributed by atoms with Crippen molar-refractivity contribution < 1.29 is 9.53 Å². The van der Waals surface area contributed by atoms with E-state index < -0.39 is 0 Å². The van der Waals surface area contributed by atoms with E-state index in [4.69, 9.17) is 4.74 Å². The summed E-state index contributed by atoms with van der Waals surface area (Å²) in [6.45, 7) is 1.20. The summed E-state index contributed by atoms with van der Waals surface area (Å²) < 4.78 is 7.39. The predicted octanol–water partition coefficient (Wildman–Crippen LogP) is 1.24. The van der Waals surface area contributed by atoms with Crippen LogP contribution in [0.5, 0.6) is 5.75 Å². The largest absolute Gasteiger partial charge is 0.492 e. The zero-order valence-electron chi connectivity index (χ0n) is 10.4. The molecule has 6 nitrogen and oxygen atoms in total.